The quantitative estimate of drug-likeness (QED) is 0.262. The number of rotatable bonds is 6. The molecule has 4 heterocycles. The zero-order chi connectivity index (χ0) is 30.8. The summed E-state index contributed by atoms with van der Waals surface area (Å²) in [5.74, 6) is -1.97. The van der Waals surface area contributed by atoms with E-state index >= 15 is 8.78 Å². The molecular weight excluding hydrogens is 597 g/mol. The van der Waals surface area contributed by atoms with Gasteiger partial charge in [0.2, 0.25) is 0 Å². The van der Waals surface area contributed by atoms with Crippen molar-refractivity contribution >= 4 is 39.1 Å². The lowest BCUT2D eigenvalue weighted by Crippen LogP contribution is -2.50. The van der Waals surface area contributed by atoms with E-state index in [1.54, 1.807) is 23.1 Å². The normalized spacial score (nSPS) is 25.7. The SMILES string of the molecule is OCC1(O)CCCN(c2nc(OC[C@@]34CCCN3C[C@H](F)C4)nc3c(F)c(-c4cc(O)cc5cccc(Cl)c45)c(F)cc23)C1. The summed E-state index contributed by atoms with van der Waals surface area (Å²) in [7, 11) is 0. The van der Waals surface area contributed by atoms with Crippen molar-refractivity contribution in [3.05, 3.63) is 53.1 Å². The summed E-state index contributed by atoms with van der Waals surface area (Å²) in [6.45, 7) is 1.09. The van der Waals surface area contributed by atoms with Crippen LogP contribution in [0.25, 0.3) is 32.8 Å². The van der Waals surface area contributed by atoms with Gasteiger partial charge in [-0.3, -0.25) is 4.90 Å². The van der Waals surface area contributed by atoms with Crippen molar-refractivity contribution in [2.75, 3.05) is 44.3 Å². The third-order valence-electron chi connectivity index (χ3n) is 9.40. The number of β-amino-alcohol motifs (C(OH)–C–C–N with tert-alkyl or cyclic N) is 1. The highest BCUT2D eigenvalue weighted by Crippen LogP contribution is 2.43. The number of aliphatic hydroxyl groups is 2. The molecule has 44 heavy (non-hydrogen) atoms. The Morgan fingerprint density at radius 1 is 1.09 bits per heavy atom. The van der Waals surface area contributed by atoms with Gasteiger partial charge in [0, 0.05) is 40.9 Å². The first-order valence-electron chi connectivity index (χ1n) is 14.8. The molecule has 232 valence electrons. The molecule has 12 heteroatoms. The van der Waals surface area contributed by atoms with Crippen LogP contribution in [0.4, 0.5) is 19.0 Å². The number of phenolic OH excluding ortho intramolecular Hbond substituents is 1. The predicted molar refractivity (Wildman–Crippen MR) is 161 cm³/mol. The topological polar surface area (TPSA) is 102 Å². The van der Waals surface area contributed by atoms with Crippen LogP contribution in [0.1, 0.15) is 32.1 Å². The van der Waals surface area contributed by atoms with Crippen LogP contribution in [0.5, 0.6) is 11.8 Å². The average Bonchev–Trinajstić information content (AvgIpc) is 3.51. The molecule has 1 aromatic heterocycles. The van der Waals surface area contributed by atoms with Crippen molar-refractivity contribution < 1.29 is 33.2 Å². The molecule has 0 amide bonds. The Hall–Kier alpha value is -3.38. The molecule has 0 radical (unpaired) electrons. The van der Waals surface area contributed by atoms with Crippen LogP contribution in [0.15, 0.2) is 36.4 Å². The van der Waals surface area contributed by atoms with Crippen molar-refractivity contribution in [1.29, 1.82) is 0 Å². The number of phenols is 1. The molecule has 3 aliphatic rings. The number of hydrogen-bond donors (Lipinski definition) is 3. The van der Waals surface area contributed by atoms with Crippen LogP contribution in [-0.2, 0) is 0 Å². The van der Waals surface area contributed by atoms with E-state index in [4.69, 9.17) is 16.3 Å². The fraction of sp³-hybridized carbons (Fsp3) is 0.438. The van der Waals surface area contributed by atoms with Crippen LogP contribution < -0.4 is 9.64 Å². The fourth-order valence-corrected chi connectivity index (χ4v) is 7.63. The summed E-state index contributed by atoms with van der Waals surface area (Å²) in [6.07, 6.45) is 1.86. The highest BCUT2D eigenvalue weighted by Gasteiger charge is 2.49. The molecule has 4 aromatic rings. The molecule has 3 aromatic carbocycles. The Labute approximate surface area is 256 Å². The van der Waals surface area contributed by atoms with Gasteiger partial charge in [-0.25, -0.2) is 13.2 Å². The highest BCUT2D eigenvalue weighted by atomic mass is 35.5. The van der Waals surface area contributed by atoms with E-state index < -0.39 is 41.1 Å². The van der Waals surface area contributed by atoms with E-state index in [2.05, 4.69) is 14.9 Å². The molecule has 7 rings (SSSR count). The molecular formula is C32H32ClF3N4O4. The van der Waals surface area contributed by atoms with Gasteiger partial charge in [0.15, 0.2) is 5.82 Å². The van der Waals surface area contributed by atoms with Gasteiger partial charge >= 0.3 is 6.01 Å². The summed E-state index contributed by atoms with van der Waals surface area (Å²) in [4.78, 5) is 12.7. The molecule has 3 N–H and O–H groups in total. The van der Waals surface area contributed by atoms with Crippen LogP contribution in [0.2, 0.25) is 5.02 Å². The number of halogens is 4. The third kappa shape index (κ3) is 4.90. The number of alkyl halides is 1. The lowest BCUT2D eigenvalue weighted by atomic mass is 9.93. The number of aromatic nitrogens is 2. The highest BCUT2D eigenvalue weighted by molar-refractivity contribution is 6.36. The monoisotopic (exact) mass is 628 g/mol. The van der Waals surface area contributed by atoms with Gasteiger partial charge in [-0.2, -0.15) is 9.97 Å². The van der Waals surface area contributed by atoms with E-state index in [9.17, 15) is 19.7 Å². The molecule has 8 nitrogen and oxygen atoms in total. The maximum absolute atomic E-state index is 16.7. The first kappa shape index (κ1) is 29.3. The Balaban J connectivity index is 1.39. The van der Waals surface area contributed by atoms with E-state index in [0.29, 0.717) is 43.1 Å². The largest absolute Gasteiger partial charge is 0.508 e. The second kappa shape index (κ2) is 10.9. The number of benzene rings is 3. The number of aromatic hydroxyl groups is 1. The molecule has 0 aliphatic carbocycles. The van der Waals surface area contributed by atoms with Crippen LogP contribution in [0.3, 0.4) is 0 Å². The van der Waals surface area contributed by atoms with Crippen LogP contribution in [0, 0.1) is 11.6 Å². The Bertz CT molecular complexity index is 1780. The Kier molecular flexibility index (Phi) is 7.27. The minimum atomic E-state index is -1.42. The predicted octanol–water partition coefficient (Wildman–Crippen LogP) is 5.37. The van der Waals surface area contributed by atoms with Gasteiger partial charge in [-0.1, -0.05) is 23.7 Å². The zero-order valence-corrected chi connectivity index (χ0v) is 24.6. The van der Waals surface area contributed by atoms with E-state index in [1.165, 1.54) is 12.1 Å². The summed E-state index contributed by atoms with van der Waals surface area (Å²) < 4.78 is 53.3. The maximum Gasteiger partial charge on any atom is 0.319 e. The zero-order valence-electron chi connectivity index (χ0n) is 23.9. The molecule has 0 spiro atoms. The van der Waals surface area contributed by atoms with Crippen molar-refractivity contribution in [2.45, 2.75) is 49.4 Å². The van der Waals surface area contributed by atoms with Crippen molar-refractivity contribution in [3.63, 3.8) is 0 Å². The average molecular weight is 629 g/mol. The fourth-order valence-electron chi connectivity index (χ4n) is 7.35. The second-order valence-corrected chi connectivity index (χ2v) is 12.8. The maximum atomic E-state index is 16.7. The molecule has 3 fully saturated rings. The van der Waals surface area contributed by atoms with Gasteiger partial charge < -0.3 is 25.0 Å². The summed E-state index contributed by atoms with van der Waals surface area (Å²) in [5.41, 5.74) is -2.53. The molecule has 3 saturated heterocycles. The number of anilines is 1. The minimum absolute atomic E-state index is 0.0197. The third-order valence-corrected chi connectivity index (χ3v) is 9.72. The van der Waals surface area contributed by atoms with Gasteiger partial charge in [0.1, 0.15) is 41.3 Å². The van der Waals surface area contributed by atoms with Crippen molar-refractivity contribution in [1.82, 2.24) is 14.9 Å². The van der Waals surface area contributed by atoms with E-state index in [0.717, 1.165) is 25.5 Å². The van der Waals surface area contributed by atoms with E-state index in [-0.39, 0.29) is 52.2 Å². The van der Waals surface area contributed by atoms with Crippen molar-refractivity contribution in [3.8, 4) is 22.9 Å². The first-order valence-corrected chi connectivity index (χ1v) is 15.2. The van der Waals surface area contributed by atoms with Gasteiger partial charge in [0.05, 0.1) is 24.3 Å². The van der Waals surface area contributed by atoms with Gasteiger partial charge in [-0.05, 0) is 61.9 Å². The smallest absolute Gasteiger partial charge is 0.319 e. The summed E-state index contributed by atoms with van der Waals surface area (Å²) in [6, 6.07) is 8.65. The van der Waals surface area contributed by atoms with Gasteiger partial charge in [-0.15, -0.1) is 0 Å². The molecule has 3 atom stereocenters. The number of nitrogens with zero attached hydrogens (tertiary/aromatic N) is 4. The standard InChI is InChI=1S/C32H32ClF3N4O4/c33-23-5-1-4-18-10-20(42)11-21(25(18)23)26-24(35)12-22-28(27(26)36)37-30(38-29(22)39-8-3-7-32(43,15-39)16-41)44-17-31-6-2-9-40(31)14-19(34)13-31/h1,4-5,10-12,19,41-43H,2-3,6-9,13-17H2/t19-,31+,32?/m1/s1. The van der Waals surface area contributed by atoms with E-state index in [1.807, 2.05) is 0 Å². The number of fused-ring (bicyclic) bond motifs is 3. The summed E-state index contributed by atoms with van der Waals surface area (Å²) >= 11 is 6.48. The Morgan fingerprint density at radius 2 is 1.91 bits per heavy atom. The number of hydrogen-bond acceptors (Lipinski definition) is 8. The van der Waals surface area contributed by atoms with Crippen LogP contribution >= 0.6 is 11.6 Å². The number of piperidine rings is 1. The lowest BCUT2D eigenvalue weighted by molar-refractivity contribution is -0.0242. The van der Waals surface area contributed by atoms with Crippen LogP contribution in [-0.4, -0.2) is 86.9 Å². The number of ether oxygens (including phenoxy) is 1. The summed E-state index contributed by atoms with van der Waals surface area (Å²) in [5, 5.41) is 32.4. The second-order valence-electron chi connectivity index (χ2n) is 12.4. The van der Waals surface area contributed by atoms with Gasteiger partial charge in [0.25, 0.3) is 0 Å². The minimum Gasteiger partial charge on any atom is -0.508 e. The van der Waals surface area contributed by atoms with Crippen molar-refractivity contribution in [2.24, 2.45) is 0 Å². The molecule has 1 unspecified atom stereocenters. The molecule has 0 bridgehead atoms. The first-order chi connectivity index (χ1) is 21.1. The molecule has 3 aliphatic heterocycles. The lowest BCUT2D eigenvalue weighted by Gasteiger charge is -2.39. The Morgan fingerprint density at radius 3 is 2.73 bits per heavy atom. The molecule has 0 saturated carbocycles. The number of aliphatic hydroxyl groups excluding tert-OH is 1.